The molecular weight excluding hydrogens is 193 g/mol. The van der Waals surface area contributed by atoms with Crippen molar-refractivity contribution in [1.29, 1.82) is 5.26 Å². The fourth-order valence-electron chi connectivity index (χ4n) is 1.30. The summed E-state index contributed by atoms with van der Waals surface area (Å²) in [5.41, 5.74) is 1.23. The smallest absolute Gasteiger partial charge is 0.149 e. The molecule has 2 aromatic heterocycles. The highest BCUT2D eigenvalue weighted by atomic mass is 19.1. The third-order valence-corrected chi connectivity index (χ3v) is 2.00. The van der Waals surface area contributed by atoms with Gasteiger partial charge < -0.3 is 0 Å². The second-order valence-electron chi connectivity index (χ2n) is 2.89. The van der Waals surface area contributed by atoms with E-state index in [0.29, 0.717) is 16.7 Å². The first kappa shape index (κ1) is 9.28. The predicted octanol–water partition coefficient (Wildman–Crippen LogP) is 2.15. The maximum Gasteiger partial charge on any atom is 0.149 e. The van der Waals surface area contributed by atoms with Crippen LogP contribution in [0, 0.1) is 17.1 Å². The van der Waals surface area contributed by atoms with E-state index in [-0.39, 0.29) is 0 Å². The van der Waals surface area contributed by atoms with E-state index in [2.05, 4.69) is 9.97 Å². The Labute approximate surface area is 85.9 Å². The van der Waals surface area contributed by atoms with Crippen molar-refractivity contribution in [3.63, 3.8) is 0 Å². The quantitative estimate of drug-likeness (QED) is 0.707. The van der Waals surface area contributed by atoms with Gasteiger partial charge in [-0.15, -0.1) is 0 Å². The van der Waals surface area contributed by atoms with Gasteiger partial charge in [0.25, 0.3) is 0 Å². The van der Waals surface area contributed by atoms with Crippen LogP contribution in [0.25, 0.3) is 11.1 Å². The summed E-state index contributed by atoms with van der Waals surface area (Å²) in [6.07, 6.45) is 5.56. The minimum absolute atomic E-state index is 0.342. The van der Waals surface area contributed by atoms with Gasteiger partial charge in [-0.05, 0) is 12.1 Å². The summed E-state index contributed by atoms with van der Waals surface area (Å²) in [4.78, 5) is 7.52. The van der Waals surface area contributed by atoms with Gasteiger partial charge in [0.05, 0.1) is 17.8 Å². The van der Waals surface area contributed by atoms with Gasteiger partial charge in [0.1, 0.15) is 5.82 Å². The maximum absolute atomic E-state index is 13.4. The molecule has 0 fully saturated rings. The number of pyridine rings is 2. The molecule has 0 atom stereocenters. The molecule has 15 heavy (non-hydrogen) atoms. The molecular formula is C11H6FN3. The number of halogens is 1. The van der Waals surface area contributed by atoms with E-state index in [0.717, 1.165) is 6.20 Å². The Kier molecular flexibility index (Phi) is 2.38. The van der Waals surface area contributed by atoms with E-state index in [1.165, 1.54) is 24.7 Å². The molecule has 0 unspecified atom stereocenters. The first-order valence-corrected chi connectivity index (χ1v) is 4.27. The lowest BCUT2D eigenvalue weighted by Crippen LogP contribution is -1.90. The summed E-state index contributed by atoms with van der Waals surface area (Å²) in [7, 11) is 0. The van der Waals surface area contributed by atoms with Crippen molar-refractivity contribution in [3.8, 4) is 17.2 Å². The van der Waals surface area contributed by atoms with Gasteiger partial charge in [-0.3, -0.25) is 9.97 Å². The van der Waals surface area contributed by atoms with E-state index in [1.807, 2.05) is 6.07 Å². The van der Waals surface area contributed by atoms with Crippen molar-refractivity contribution in [2.45, 2.75) is 0 Å². The summed E-state index contributed by atoms with van der Waals surface area (Å²) in [6.45, 7) is 0. The molecule has 4 heteroatoms. The Morgan fingerprint density at radius 1 is 1.07 bits per heavy atom. The Bertz CT molecular complexity index is 531. The van der Waals surface area contributed by atoms with Crippen LogP contribution >= 0.6 is 0 Å². The fraction of sp³-hybridized carbons (Fsp3) is 0. The average molecular weight is 199 g/mol. The first-order chi connectivity index (χ1) is 7.33. The van der Waals surface area contributed by atoms with Crippen LogP contribution in [-0.4, -0.2) is 9.97 Å². The molecule has 0 aliphatic heterocycles. The molecule has 0 amide bonds. The standard InChI is InChI=1S/C11H6FN3/c12-11-7-15-4-2-9(11)10-6-14-3-1-8(10)5-13/h1-4,6-7H. The van der Waals surface area contributed by atoms with Crippen LogP contribution in [0.15, 0.2) is 36.9 Å². The molecule has 3 nitrogen and oxygen atoms in total. The molecule has 0 aromatic carbocycles. The molecule has 2 rings (SSSR count). The van der Waals surface area contributed by atoms with Gasteiger partial charge in [0.2, 0.25) is 0 Å². The van der Waals surface area contributed by atoms with Crippen LogP contribution in [0.4, 0.5) is 4.39 Å². The summed E-state index contributed by atoms with van der Waals surface area (Å²) in [5.74, 6) is -0.456. The van der Waals surface area contributed by atoms with Crippen LogP contribution in [-0.2, 0) is 0 Å². The molecule has 72 valence electrons. The molecule has 0 aliphatic rings. The van der Waals surface area contributed by atoms with Crippen molar-refractivity contribution in [2.24, 2.45) is 0 Å². The zero-order chi connectivity index (χ0) is 10.7. The minimum Gasteiger partial charge on any atom is -0.264 e. The molecule has 2 aromatic rings. The zero-order valence-corrected chi connectivity index (χ0v) is 7.68. The van der Waals surface area contributed by atoms with Crippen molar-refractivity contribution in [3.05, 3.63) is 48.3 Å². The number of nitrogens with zero attached hydrogens (tertiary/aromatic N) is 3. The van der Waals surface area contributed by atoms with E-state index in [1.54, 1.807) is 6.07 Å². The Hall–Kier alpha value is -2.28. The van der Waals surface area contributed by atoms with Gasteiger partial charge in [-0.25, -0.2) is 4.39 Å². The molecule has 0 spiro atoms. The van der Waals surface area contributed by atoms with Crippen molar-refractivity contribution in [1.82, 2.24) is 9.97 Å². The van der Waals surface area contributed by atoms with Crippen molar-refractivity contribution in [2.75, 3.05) is 0 Å². The highest BCUT2D eigenvalue weighted by Crippen LogP contribution is 2.23. The largest absolute Gasteiger partial charge is 0.264 e. The van der Waals surface area contributed by atoms with Gasteiger partial charge in [0, 0.05) is 29.7 Å². The second kappa shape index (κ2) is 3.84. The SMILES string of the molecule is N#Cc1ccncc1-c1ccncc1F. The van der Waals surface area contributed by atoms with Crippen LogP contribution in [0.1, 0.15) is 5.56 Å². The van der Waals surface area contributed by atoms with Gasteiger partial charge in [-0.2, -0.15) is 5.26 Å². The lowest BCUT2D eigenvalue weighted by Gasteiger charge is -2.03. The molecule has 0 N–H and O–H groups in total. The average Bonchev–Trinajstić information content (AvgIpc) is 2.30. The maximum atomic E-state index is 13.4. The first-order valence-electron chi connectivity index (χ1n) is 4.27. The van der Waals surface area contributed by atoms with Gasteiger partial charge in [0.15, 0.2) is 0 Å². The Morgan fingerprint density at radius 2 is 1.80 bits per heavy atom. The minimum atomic E-state index is -0.456. The lowest BCUT2D eigenvalue weighted by molar-refractivity contribution is 0.625. The molecule has 0 aliphatic carbocycles. The zero-order valence-electron chi connectivity index (χ0n) is 7.68. The fourth-order valence-corrected chi connectivity index (χ4v) is 1.30. The van der Waals surface area contributed by atoms with Crippen molar-refractivity contribution < 1.29 is 4.39 Å². The third kappa shape index (κ3) is 1.67. The highest BCUT2D eigenvalue weighted by molar-refractivity contribution is 5.69. The van der Waals surface area contributed by atoms with Crippen LogP contribution in [0.3, 0.4) is 0 Å². The number of aromatic nitrogens is 2. The molecule has 0 radical (unpaired) electrons. The normalized spacial score (nSPS) is 9.60. The lowest BCUT2D eigenvalue weighted by atomic mass is 10.0. The van der Waals surface area contributed by atoms with Gasteiger partial charge >= 0.3 is 0 Å². The van der Waals surface area contributed by atoms with E-state index >= 15 is 0 Å². The Balaban J connectivity index is 2.65. The van der Waals surface area contributed by atoms with E-state index < -0.39 is 5.82 Å². The van der Waals surface area contributed by atoms with Crippen LogP contribution in [0.5, 0.6) is 0 Å². The second-order valence-corrected chi connectivity index (χ2v) is 2.89. The van der Waals surface area contributed by atoms with E-state index in [4.69, 9.17) is 5.26 Å². The monoisotopic (exact) mass is 199 g/mol. The van der Waals surface area contributed by atoms with Crippen LogP contribution in [0.2, 0.25) is 0 Å². The number of rotatable bonds is 1. The predicted molar refractivity (Wildman–Crippen MR) is 52.1 cm³/mol. The third-order valence-electron chi connectivity index (χ3n) is 2.00. The van der Waals surface area contributed by atoms with Crippen LogP contribution < -0.4 is 0 Å². The van der Waals surface area contributed by atoms with E-state index in [9.17, 15) is 4.39 Å². The number of hydrogen-bond donors (Lipinski definition) is 0. The summed E-state index contributed by atoms with van der Waals surface area (Å²) < 4.78 is 13.4. The van der Waals surface area contributed by atoms with Gasteiger partial charge in [-0.1, -0.05) is 0 Å². The highest BCUT2D eigenvalue weighted by Gasteiger charge is 2.08. The summed E-state index contributed by atoms with van der Waals surface area (Å²) in [5, 5.41) is 8.85. The topological polar surface area (TPSA) is 49.6 Å². The molecule has 2 heterocycles. The summed E-state index contributed by atoms with van der Waals surface area (Å²) >= 11 is 0. The molecule has 0 bridgehead atoms. The number of nitriles is 1. The summed E-state index contributed by atoms with van der Waals surface area (Å²) in [6, 6.07) is 5.07. The molecule has 0 saturated heterocycles. The molecule has 0 saturated carbocycles. The van der Waals surface area contributed by atoms with Crippen molar-refractivity contribution >= 4 is 0 Å². The number of hydrogen-bond acceptors (Lipinski definition) is 3. The Morgan fingerprint density at radius 3 is 2.53 bits per heavy atom.